The average Bonchev–Trinajstić information content (AvgIpc) is 2.47. The Hall–Kier alpha value is -1.87. The summed E-state index contributed by atoms with van der Waals surface area (Å²) in [6.07, 6.45) is 1.48. The van der Waals surface area contributed by atoms with E-state index in [0.29, 0.717) is 16.6 Å². The number of halogens is 1. The summed E-state index contributed by atoms with van der Waals surface area (Å²) in [4.78, 5) is 16.0. The van der Waals surface area contributed by atoms with Crippen molar-refractivity contribution in [2.75, 3.05) is 0 Å². The first-order valence-corrected chi connectivity index (χ1v) is 7.37. The first-order chi connectivity index (χ1) is 9.97. The summed E-state index contributed by atoms with van der Waals surface area (Å²) in [5.41, 5.74) is 2.87. The molecule has 0 aliphatic rings. The van der Waals surface area contributed by atoms with Gasteiger partial charge in [0.05, 0.1) is 11.6 Å². The Labute approximate surface area is 130 Å². The van der Waals surface area contributed by atoms with Crippen molar-refractivity contribution in [3.63, 3.8) is 0 Å². The fraction of sp³-hybridized carbons (Fsp3) is 0.294. The molecule has 2 rings (SSSR count). The third kappa shape index (κ3) is 4.05. The second-order valence-electron chi connectivity index (χ2n) is 5.39. The lowest BCUT2D eigenvalue weighted by Gasteiger charge is -2.15. The van der Waals surface area contributed by atoms with Gasteiger partial charge >= 0.3 is 0 Å². The number of aromatic nitrogens is 1. The number of hydrogen-bond donors (Lipinski definition) is 1. The number of pyridine rings is 1. The minimum atomic E-state index is -0.153. The molecule has 0 aliphatic heterocycles. The minimum absolute atomic E-state index is 0.0607. The van der Waals surface area contributed by atoms with Crippen LogP contribution in [0.1, 0.15) is 54.2 Å². The normalized spacial score (nSPS) is 12.2. The Morgan fingerprint density at radius 2 is 1.67 bits per heavy atom. The molecular formula is C17H19ClN2O. The summed E-state index contributed by atoms with van der Waals surface area (Å²) in [6.45, 7) is 6.28. The molecule has 1 aromatic heterocycles. The Morgan fingerprint density at radius 1 is 1.05 bits per heavy atom. The van der Waals surface area contributed by atoms with E-state index in [1.807, 2.05) is 6.92 Å². The molecule has 4 heteroatoms. The molecule has 0 saturated heterocycles. The molecule has 0 aliphatic carbocycles. The van der Waals surface area contributed by atoms with E-state index in [4.69, 9.17) is 11.6 Å². The predicted molar refractivity (Wildman–Crippen MR) is 85.7 cm³/mol. The summed E-state index contributed by atoms with van der Waals surface area (Å²) in [7, 11) is 0. The quantitative estimate of drug-likeness (QED) is 0.853. The van der Waals surface area contributed by atoms with Gasteiger partial charge in [-0.3, -0.25) is 4.79 Å². The van der Waals surface area contributed by atoms with Crippen LogP contribution in [0.4, 0.5) is 0 Å². The molecule has 1 N–H and O–H groups in total. The van der Waals surface area contributed by atoms with Crippen LogP contribution in [0.2, 0.25) is 5.15 Å². The van der Waals surface area contributed by atoms with E-state index in [-0.39, 0.29) is 11.9 Å². The van der Waals surface area contributed by atoms with E-state index in [2.05, 4.69) is 48.4 Å². The van der Waals surface area contributed by atoms with E-state index < -0.39 is 0 Å². The van der Waals surface area contributed by atoms with Crippen molar-refractivity contribution < 1.29 is 4.79 Å². The van der Waals surface area contributed by atoms with Crippen LogP contribution >= 0.6 is 11.6 Å². The Morgan fingerprint density at radius 3 is 2.19 bits per heavy atom. The molecule has 1 amide bonds. The molecule has 1 heterocycles. The lowest BCUT2D eigenvalue weighted by atomic mass is 9.99. The number of nitrogens with one attached hydrogen (secondary N) is 1. The lowest BCUT2D eigenvalue weighted by molar-refractivity contribution is 0.0939. The van der Waals surface area contributed by atoms with Crippen molar-refractivity contribution in [3.05, 3.63) is 64.4 Å². The average molecular weight is 303 g/mol. The zero-order chi connectivity index (χ0) is 15.4. The van der Waals surface area contributed by atoms with Crippen LogP contribution < -0.4 is 5.32 Å². The van der Waals surface area contributed by atoms with Crippen molar-refractivity contribution in [2.24, 2.45) is 0 Å². The number of rotatable bonds is 4. The number of hydrogen-bond acceptors (Lipinski definition) is 2. The zero-order valence-electron chi connectivity index (χ0n) is 12.4. The predicted octanol–water partition coefficient (Wildman–Crippen LogP) is 4.35. The summed E-state index contributed by atoms with van der Waals surface area (Å²) in [5.74, 6) is 0.351. The summed E-state index contributed by atoms with van der Waals surface area (Å²) >= 11 is 5.72. The smallest absolute Gasteiger partial charge is 0.253 e. The highest BCUT2D eigenvalue weighted by Crippen LogP contribution is 2.19. The van der Waals surface area contributed by atoms with Gasteiger partial charge in [0.25, 0.3) is 5.91 Å². The van der Waals surface area contributed by atoms with Gasteiger partial charge in [-0.25, -0.2) is 4.98 Å². The van der Waals surface area contributed by atoms with Crippen LogP contribution in [0.5, 0.6) is 0 Å². The topological polar surface area (TPSA) is 42.0 Å². The van der Waals surface area contributed by atoms with E-state index in [9.17, 15) is 4.79 Å². The molecule has 1 unspecified atom stereocenters. The maximum Gasteiger partial charge on any atom is 0.253 e. The van der Waals surface area contributed by atoms with Crippen LogP contribution in [0.15, 0.2) is 42.6 Å². The van der Waals surface area contributed by atoms with Crippen molar-refractivity contribution in [1.82, 2.24) is 10.3 Å². The fourth-order valence-electron chi connectivity index (χ4n) is 2.04. The first-order valence-electron chi connectivity index (χ1n) is 6.99. The number of carbonyl (C=O) groups excluding carboxylic acids is 1. The highest BCUT2D eigenvalue weighted by Gasteiger charge is 2.12. The van der Waals surface area contributed by atoms with Gasteiger partial charge in [-0.2, -0.15) is 0 Å². The molecular weight excluding hydrogens is 284 g/mol. The van der Waals surface area contributed by atoms with E-state index >= 15 is 0 Å². The van der Waals surface area contributed by atoms with Crippen molar-refractivity contribution in [2.45, 2.75) is 32.7 Å². The van der Waals surface area contributed by atoms with Crippen molar-refractivity contribution in [1.29, 1.82) is 0 Å². The molecule has 0 spiro atoms. The Balaban J connectivity index is 2.05. The van der Waals surface area contributed by atoms with Gasteiger partial charge in [-0.1, -0.05) is 49.7 Å². The monoisotopic (exact) mass is 302 g/mol. The number of carbonyl (C=O) groups is 1. The molecule has 21 heavy (non-hydrogen) atoms. The van der Waals surface area contributed by atoms with Crippen LogP contribution in [-0.4, -0.2) is 10.9 Å². The van der Waals surface area contributed by atoms with E-state index in [0.717, 1.165) is 5.56 Å². The van der Waals surface area contributed by atoms with Gasteiger partial charge in [0.15, 0.2) is 0 Å². The number of benzene rings is 1. The maximum atomic E-state index is 12.1. The summed E-state index contributed by atoms with van der Waals surface area (Å²) < 4.78 is 0. The van der Waals surface area contributed by atoms with Gasteiger partial charge in [-0.05, 0) is 36.1 Å². The van der Waals surface area contributed by atoms with Crippen LogP contribution in [0.25, 0.3) is 0 Å². The molecule has 2 aromatic rings. The van der Waals surface area contributed by atoms with Gasteiger partial charge < -0.3 is 5.32 Å². The summed E-state index contributed by atoms with van der Waals surface area (Å²) in [6, 6.07) is 11.5. The lowest BCUT2D eigenvalue weighted by Crippen LogP contribution is -2.26. The van der Waals surface area contributed by atoms with Gasteiger partial charge in [-0.15, -0.1) is 0 Å². The van der Waals surface area contributed by atoms with Gasteiger partial charge in [0.1, 0.15) is 5.15 Å². The molecule has 1 aromatic carbocycles. The Kier molecular flexibility index (Phi) is 4.97. The molecule has 0 fully saturated rings. The molecule has 0 bridgehead atoms. The number of amides is 1. The fourth-order valence-corrected chi connectivity index (χ4v) is 2.15. The van der Waals surface area contributed by atoms with Crippen LogP contribution in [-0.2, 0) is 0 Å². The minimum Gasteiger partial charge on any atom is -0.345 e. The Bertz CT molecular complexity index is 606. The third-order valence-electron chi connectivity index (χ3n) is 3.44. The molecule has 3 nitrogen and oxygen atoms in total. The third-order valence-corrected chi connectivity index (χ3v) is 3.66. The highest BCUT2D eigenvalue weighted by atomic mass is 35.5. The van der Waals surface area contributed by atoms with E-state index in [1.165, 1.54) is 11.8 Å². The molecule has 1 atom stereocenters. The van der Waals surface area contributed by atoms with Crippen molar-refractivity contribution >= 4 is 17.5 Å². The highest BCUT2D eigenvalue weighted by molar-refractivity contribution is 6.29. The number of nitrogens with zero attached hydrogens (tertiary/aromatic N) is 1. The van der Waals surface area contributed by atoms with Gasteiger partial charge in [0, 0.05) is 6.20 Å². The second kappa shape index (κ2) is 6.72. The van der Waals surface area contributed by atoms with Crippen LogP contribution in [0, 0.1) is 0 Å². The SMILES string of the molecule is CC(C)c1ccc(C(C)NC(=O)c2ccc(Cl)nc2)cc1. The van der Waals surface area contributed by atoms with Gasteiger partial charge in [0.2, 0.25) is 0 Å². The summed E-state index contributed by atoms with van der Waals surface area (Å²) in [5, 5.41) is 3.34. The van der Waals surface area contributed by atoms with E-state index in [1.54, 1.807) is 12.1 Å². The standard InChI is InChI=1S/C17H19ClN2O/c1-11(2)13-4-6-14(7-5-13)12(3)20-17(21)15-8-9-16(18)19-10-15/h4-12H,1-3H3,(H,20,21). The van der Waals surface area contributed by atoms with Crippen LogP contribution in [0.3, 0.4) is 0 Å². The van der Waals surface area contributed by atoms with Crippen molar-refractivity contribution in [3.8, 4) is 0 Å². The molecule has 0 radical (unpaired) electrons. The second-order valence-corrected chi connectivity index (χ2v) is 5.77. The largest absolute Gasteiger partial charge is 0.345 e. The maximum absolute atomic E-state index is 12.1. The molecule has 110 valence electrons. The first kappa shape index (κ1) is 15.5. The zero-order valence-corrected chi connectivity index (χ0v) is 13.2. The molecule has 0 saturated carbocycles.